The minimum Gasteiger partial charge on any atom is -0.358 e. The largest absolute Gasteiger partial charge is 0.358 e. The lowest BCUT2D eigenvalue weighted by Gasteiger charge is -2.22. The average Bonchev–Trinajstić information content (AvgIpc) is 2.79. The monoisotopic (exact) mass is 238 g/mol. The third-order valence-corrected chi connectivity index (χ3v) is 2.79. The van der Waals surface area contributed by atoms with E-state index in [4.69, 9.17) is 0 Å². The molecule has 1 aromatic heterocycles. The Morgan fingerprint density at radius 1 is 1.41 bits per heavy atom. The zero-order chi connectivity index (χ0) is 12.3. The second-order valence-corrected chi connectivity index (χ2v) is 4.01. The smallest absolute Gasteiger partial charge is 0.321 e. The Labute approximate surface area is 97.7 Å². The lowest BCUT2D eigenvalue weighted by atomic mass is 10.1. The molecule has 92 valence electrons. The number of nitrogens with one attached hydrogen (secondary N) is 3. The summed E-state index contributed by atoms with van der Waals surface area (Å²) >= 11 is 0. The summed E-state index contributed by atoms with van der Waals surface area (Å²) in [6.07, 6.45) is 1.77. The third kappa shape index (κ3) is 2.82. The Morgan fingerprint density at radius 2 is 2.12 bits per heavy atom. The second-order valence-electron chi connectivity index (χ2n) is 4.01. The fourth-order valence-electron chi connectivity index (χ4n) is 1.85. The molecule has 0 radical (unpaired) electrons. The summed E-state index contributed by atoms with van der Waals surface area (Å²) in [5, 5.41) is 16.5. The molecular formula is C10H14N4O3. The van der Waals surface area contributed by atoms with Crippen LogP contribution in [0.15, 0.2) is 12.1 Å². The maximum Gasteiger partial charge on any atom is 0.321 e. The average molecular weight is 238 g/mol. The van der Waals surface area contributed by atoms with Crippen molar-refractivity contribution in [1.82, 2.24) is 15.6 Å². The Morgan fingerprint density at radius 3 is 2.71 bits per heavy atom. The molecule has 0 aliphatic carbocycles. The highest BCUT2D eigenvalue weighted by atomic mass is 16.6. The van der Waals surface area contributed by atoms with E-state index in [1.807, 2.05) is 0 Å². The molecule has 3 N–H and O–H groups in total. The molecule has 0 aromatic carbocycles. The van der Waals surface area contributed by atoms with Crippen LogP contribution >= 0.6 is 0 Å². The third-order valence-electron chi connectivity index (χ3n) is 2.79. The van der Waals surface area contributed by atoms with Crippen molar-refractivity contribution in [3.8, 4) is 0 Å². The van der Waals surface area contributed by atoms with Crippen LogP contribution in [0.2, 0.25) is 0 Å². The topological polar surface area (TPSA) is 100 Å². The number of rotatable bonds is 3. The minimum absolute atomic E-state index is 0.145. The second kappa shape index (κ2) is 4.96. The van der Waals surface area contributed by atoms with Gasteiger partial charge in [0.15, 0.2) is 5.69 Å². The predicted molar refractivity (Wildman–Crippen MR) is 60.8 cm³/mol. The number of aromatic amines is 1. The molecule has 0 bridgehead atoms. The highest BCUT2D eigenvalue weighted by Crippen LogP contribution is 2.10. The van der Waals surface area contributed by atoms with Crippen LogP contribution in [-0.2, 0) is 0 Å². The molecule has 0 spiro atoms. The van der Waals surface area contributed by atoms with E-state index in [0.29, 0.717) is 0 Å². The Hall–Kier alpha value is -1.89. The number of aromatic nitrogens is 1. The predicted octanol–water partition coefficient (Wildman–Crippen LogP) is 0.405. The quantitative estimate of drug-likeness (QED) is 0.524. The molecule has 2 rings (SSSR count). The van der Waals surface area contributed by atoms with Crippen LogP contribution in [0.1, 0.15) is 23.3 Å². The van der Waals surface area contributed by atoms with E-state index in [0.717, 1.165) is 25.9 Å². The summed E-state index contributed by atoms with van der Waals surface area (Å²) in [4.78, 5) is 24.1. The van der Waals surface area contributed by atoms with E-state index < -0.39 is 4.92 Å². The van der Waals surface area contributed by atoms with Gasteiger partial charge in [-0.1, -0.05) is 0 Å². The van der Waals surface area contributed by atoms with Gasteiger partial charge in [-0.2, -0.15) is 0 Å². The molecule has 0 atom stereocenters. The molecular weight excluding hydrogens is 224 g/mol. The molecule has 0 unspecified atom stereocenters. The van der Waals surface area contributed by atoms with Gasteiger partial charge in [0.2, 0.25) is 0 Å². The zero-order valence-electron chi connectivity index (χ0n) is 9.23. The molecule has 1 fully saturated rings. The van der Waals surface area contributed by atoms with Crippen LogP contribution in [-0.4, -0.2) is 34.9 Å². The number of H-pyrrole nitrogens is 1. The highest BCUT2D eigenvalue weighted by Gasteiger charge is 2.20. The molecule has 1 saturated heterocycles. The van der Waals surface area contributed by atoms with Crippen molar-refractivity contribution in [2.45, 2.75) is 18.9 Å². The molecule has 1 aliphatic heterocycles. The van der Waals surface area contributed by atoms with Crippen molar-refractivity contribution in [2.24, 2.45) is 0 Å². The Kier molecular flexibility index (Phi) is 3.38. The van der Waals surface area contributed by atoms with Crippen molar-refractivity contribution in [3.63, 3.8) is 0 Å². The standard InChI is InChI=1S/C10H14N4O3/c15-10(12-7-3-5-11-6-4-7)8-1-2-9(13-8)14(16)17/h1-2,7,11,13H,3-6H2,(H,12,15). The first kappa shape index (κ1) is 11.6. The molecule has 1 aromatic rings. The van der Waals surface area contributed by atoms with E-state index in [-0.39, 0.29) is 23.5 Å². The van der Waals surface area contributed by atoms with Crippen LogP contribution in [0, 0.1) is 10.1 Å². The Balaban J connectivity index is 1.96. The SMILES string of the molecule is O=C(NC1CCNCC1)c1ccc([N+](=O)[O-])[nH]1. The summed E-state index contributed by atoms with van der Waals surface area (Å²) in [5.41, 5.74) is 0.232. The maximum atomic E-state index is 11.8. The van der Waals surface area contributed by atoms with E-state index >= 15 is 0 Å². The number of carbonyl (C=O) groups is 1. The number of amides is 1. The van der Waals surface area contributed by atoms with Gasteiger partial charge in [-0.3, -0.25) is 4.79 Å². The first-order chi connectivity index (χ1) is 8.16. The van der Waals surface area contributed by atoms with E-state index in [9.17, 15) is 14.9 Å². The lowest BCUT2D eigenvalue weighted by Crippen LogP contribution is -2.42. The van der Waals surface area contributed by atoms with Crippen molar-refractivity contribution in [3.05, 3.63) is 27.9 Å². The summed E-state index contributed by atoms with van der Waals surface area (Å²) in [6.45, 7) is 1.77. The molecule has 1 aliphatic rings. The van der Waals surface area contributed by atoms with Gasteiger partial charge in [0.25, 0.3) is 5.91 Å². The number of nitrogens with zero attached hydrogens (tertiary/aromatic N) is 1. The maximum absolute atomic E-state index is 11.8. The van der Waals surface area contributed by atoms with Gasteiger partial charge >= 0.3 is 5.82 Å². The van der Waals surface area contributed by atoms with E-state index in [1.54, 1.807) is 0 Å². The van der Waals surface area contributed by atoms with Crippen LogP contribution in [0.3, 0.4) is 0 Å². The zero-order valence-corrected chi connectivity index (χ0v) is 9.23. The normalized spacial score (nSPS) is 16.7. The highest BCUT2D eigenvalue weighted by molar-refractivity contribution is 5.93. The van der Waals surface area contributed by atoms with Gasteiger partial charge in [-0.25, -0.2) is 4.98 Å². The number of hydrogen-bond acceptors (Lipinski definition) is 4. The minimum atomic E-state index is -0.554. The van der Waals surface area contributed by atoms with Crippen molar-refractivity contribution in [1.29, 1.82) is 0 Å². The lowest BCUT2D eigenvalue weighted by molar-refractivity contribution is -0.389. The summed E-state index contributed by atoms with van der Waals surface area (Å²) in [7, 11) is 0. The van der Waals surface area contributed by atoms with Crippen LogP contribution in [0.25, 0.3) is 0 Å². The fourth-order valence-corrected chi connectivity index (χ4v) is 1.85. The number of nitro groups is 1. The van der Waals surface area contributed by atoms with Crippen LogP contribution < -0.4 is 10.6 Å². The molecule has 7 heteroatoms. The van der Waals surface area contributed by atoms with Gasteiger partial charge in [0.05, 0.1) is 0 Å². The summed E-state index contributed by atoms with van der Waals surface area (Å²) < 4.78 is 0. The first-order valence-corrected chi connectivity index (χ1v) is 5.52. The van der Waals surface area contributed by atoms with Crippen molar-refractivity contribution < 1.29 is 9.72 Å². The molecule has 17 heavy (non-hydrogen) atoms. The number of piperidine rings is 1. The molecule has 7 nitrogen and oxygen atoms in total. The van der Waals surface area contributed by atoms with Gasteiger partial charge in [0.1, 0.15) is 0 Å². The van der Waals surface area contributed by atoms with Gasteiger partial charge in [-0.15, -0.1) is 0 Å². The first-order valence-electron chi connectivity index (χ1n) is 5.52. The Bertz CT molecular complexity index is 423. The van der Waals surface area contributed by atoms with E-state index in [1.165, 1.54) is 12.1 Å². The van der Waals surface area contributed by atoms with Crippen molar-refractivity contribution in [2.75, 3.05) is 13.1 Å². The van der Waals surface area contributed by atoms with Gasteiger partial charge < -0.3 is 20.7 Å². The van der Waals surface area contributed by atoms with Crippen LogP contribution in [0.4, 0.5) is 5.82 Å². The fraction of sp³-hybridized carbons (Fsp3) is 0.500. The van der Waals surface area contributed by atoms with Gasteiger partial charge in [0, 0.05) is 12.1 Å². The van der Waals surface area contributed by atoms with Crippen molar-refractivity contribution >= 4 is 11.7 Å². The molecule has 0 saturated carbocycles. The van der Waals surface area contributed by atoms with Gasteiger partial charge in [-0.05, 0) is 36.9 Å². The van der Waals surface area contributed by atoms with Crippen LogP contribution in [0.5, 0.6) is 0 Å². The molecule has 2 heterocycles. The number of hydrogen-bond donors (Lipinski definition) is 3. The van der Waals surface area contributed by atoms with E-state index in [2.05, 4.69) is 15.6 Å². The molecule has 1 amide bonds. The summed E-state index contributed by atoms with van der Waals surface area (Å²) in [6, 6.07) is 2.86. The summed E-state index contributed by atoms with van der Waals surface area (Å²) in [5.74, 6) is -0.453. The number of carbonyl (C=O) groups excluding carboxylic acids is 1.